The van der Waals surface area contributed by atoms with Crippen LogP contribution in [0.1, 0.15) is 39.1 Å². The van der Waals surface area contributed by atoms with Gasteiger partial charge in [0.1, 0.15) is 12.7 Å². The average molecular weight is 298 g/mol. The Bertz CT molecular complexity index is 663. The zero-order chi connectivity index (χ0) is 16.2. The van der Waals surface area contributed by atoms with Crippen LogP contribution in [0.4, 0.5) is 0 Å². The van der Waals surface area contributed by atoms with Gasteiger partial charge in [0.15, 0.2) is 12.0 Å². The lowest BCUT2D eigenvalue weighted by Gasteiger charge is -2.15. The van der Waals surface area contributed by atoms with Crippen LogP contribution in [0.25, 0.3) is 0 Å². The molecule has 1 heterocycles. The van der Waals surface area contributed by atoms with Crippen molar-refractivity contribution in [3.8, 4) is 0 Å². The second-order valence-electron chi connectivity index (χ2n) is 6.37. The molecule has 0 bridgehead atoms. The van der Waals surface area contributed by atoms with E-state index in [1.165, 1.54) is 0 Å². The normalized spacial score (nSPS) is 12.0. The van der Waals surface area contributed by atoms with Crippen molar-refractivity contribution in [3.05, 3.63) is 54.1 Å². The van der Waals surface area contributed by atoms with Crippen molar-refractivity contribution < 1.29 is 9.36 Å². The predicted molar refractivity (Wildman–Crippen MR) is 87.9 cm³/mol. The summed E-state index contributed by atoms with van der Waals surface area (Å²) < 4.78 is 3.82. The molecule has 0 saturated heterocycles. The molecule has 0 saturated carbocycles. The molecule has 0 fully saturated rings. The Morgan fingerprint density at radius 1 is 1.27 bits per heavy atom. The predicted octanol–water partition coefficient (Wildman–Crippen LogP) is 2.84. The second-order valence-corrected chi connectivity index (χ2v) is 6.37. The van der Waals surface area contributed by atoms with E-state index in [4.69, 9.17) is 0 Å². The van der Waals surface area contributed by atoms with Gasteiger partial charge >= 0.3 is 0 Å². The Labute approximate surface area is 132 Å². The first-order chi connectivity index (χ1) is 10.4. The average Bonchev–Trinajstić information content (AvgIpc) is 2.87. The van der Waals surface area contributed by atoms with E-state index in [2.05, 4.69) is 12.0 Å². The lowest BCUT2D eigenvalue weighted by molar-refractivity contribution is -0.691. The SMILES string of the molecule is CCc1n(/N=C\c2ccccc2)cc[n+]1CC(=O)C(C)(C)C. The number of imidazole rings is 1. The molecule has 0 atom stereocenters. The molecule has 0 N–H and O–H groups in total. The quantitative estimate of drug-likeness (QED) is 0.618. The van der Waals surface area contributed by atoms with Crippen molar-refractivity contribution in [2.45, 2.75) is 40.7 Å². The van der Waals surface area contributed by atoms with Crippen LogP contribution in [0.2, 0.25) is 0 Å². The maximum Gasteiger partial charge on any atom is 0.282 e. The molecule has 0 unspecified atom stereocenters. The van der Waals surface area contributed by atoms with Gasteiger partial charge in [-0.3, -0.25) is 4.79 Å². The molecular formula is C18H24N3O+. The molecule has 22 heavy (non-hydrogen) atoms. The number of carbonyl (C=O) groups is 1. The lowest BCUT2D eigenvalue weighted by Crippen LogP contribution is -2.43. The first kappa shape index (κ1) is 16.1. The second kappa shape index (κ2) is 6.69. The van der Waals surface area contributed by atoms with E-state index in [1.54, 1.807) is 0 Å². The van der Waals surface area contributed by atoms with Crippen LogP contribution in [-0.4, -0.2) is 16.7 Å². The van der Waals surface area contributed by atoms with Gasteiger partial charge in [0.2, 0.25) is 0 Å². The standard InChI is InChI=1S/C18H24N3O/c1-5-17-20(14-16(22)18(2,3)4)11-12-21(17)19-13-15-9-7-6-8-10-15/h6-13H,5,14H2,1-4H3/q+1/b19-13-. The smallest absolute Gasteiger partial charge is 0.282 e. The summed E-state index contributed by atoms with van der Waals surface area (Å²) in [5, 5.41) is 4.50. The van der Waals surface area contributed by atoms with Gasteiger partial charge in [-0.05, 0) is 5.56 Å². The van der Waals surface area contributed by atoms with Gasteiger partial charge in [-0.1, -0.05) is 63.1 Å². The topological polar surface area (TPSA) is 38.2 Å². The van der Waals surface area contributed by atoms with Gasteiger partial charge in [0.25, 0.3) is 5.82 Å². The summed E-state index contributed by atoms with van der Waals surface area (Å²) in [6.07, 6.45) is 6.46. The minimum atomic E-state index is -0.326. The van der Waals surface area contributed by atoms with Gasteiger partial charge < -0.3 is 0 Å². The van der Waals surface area contributed by atoms with Crippen LogP contribution in [0.5, 0.6) is 0 Å². The maximum absolute atomic E-state index is 12.2. The number of ketones is 1. The number of Topliss-reactive ketones (excluding diaryl/α,β-unsaturated/α-hetero) is 1. The zero-order valence-electron chi connectivity index (χ0n) is 13.8. The monoisotopic (exact) mass is 298 g/mol. The van der Waals surface area contributed by atoms with Crippen LogP contribution in [0, 0.1) is 5.41 Å². The van der Waals surface area contributed by atoms with Crippen molar-refractivity contribution in [1.82, 2.24) is 4.68 Å². The number of benzene rings is 1. The van der Waals surface area contributed by atoms with Crippen molar-refractivity contribution in [1.29, 1.82) is 0 Å². The minimum absolute atomic E-state index is 0.219. The van der Waals surface area contributed by atoms with Crippen molar-refractivity contribution in [2.24, 2.45) is 10.5 Å². The summed E-state index contributed by atoms with van der Waals surface area (Å²) in [7, 11) is 0. The Balaban J connectivity index is 2.21. The highest BCUT2D eigenvalue weighted by atomic mass is 16.1. The molecule has 0 spiro atoms. The number of rotatable bonds is 5. The van der Waals surface area contributed by atoms with Crippen molar-refractivity contribution in [3.63, 3.8) is 0 Å². The van der Waals surface area contributed by atoms with Crippen LogP contribution < -0.4 is 4.57 Å². The summed E-state index contributed by atoms with van der Waals surface area (Å²) >= 11 is 0. The fourth-order valence-corrected chi connectivity index (χ4v) is 2.12. The molecule has 0 aliphatic rings. The van der Waals surface area contributed by atoms with E-state index >= 15 is 0 Å². The Morgan fingerprint density at radius 3 is 2.55 bits per heavy atom. The zero-order valence-corrected chi connectivity index (χ0v) is 13.8. The molecule has 4 nitrogen and oxygen atoms in total. The van der Waals surface area contributed by atoms with Gasteiger partial charge in [-0.2, -0.15) is 0 Å². The highest BCUT2D eigenvalue weighted by Gasteiger charge is 2.26. The van der Waals surface area contributed by atoms with Crippen LogP contribution in [-0.2, 0) is 17.8 Å². The molecule has 2 rings (SSSR count). The third kappa shape index (κ3) is 3.91. The summed E-state index contributed by atoms with van der Waals surface area (Å²) in [6, 6.07) is 9.97. The van der Waals surface area contributed by atoms with E-state index in [0.717, 1.165) is 17.8 Å². The largest absolute Gasteiger partial charge is 0.295 e. The molecule has 2 aromatic rings. The summed E-state index contributed by atoms with van der Waals surface area (Å²) in [5.74, 6) is 1.24. The van der Waals surface area contributed by atoms with Crippen LogP contribution in [0.3, 0.4) is 0 Å². The molecule has 0 radical (unpaired) electrons. The number of carbonyl (C=O) groups excluding carboxylic acids is 1. The van der Waals surface area contributed by atoms with Gasteiger partial charge in [-0.15, -0.1) is 4.68 Å². The Morgan fingerprint density at radius 2 is 1.95 bits per heavy atom. The van der Waals surface area contributed by atoms with Gasteiger partial charge in [-0.25, -0.2) is 4.57 Å². The van der Waals surface area contributed by atoms with E-state index in [0.29, 0.717) is 6.54 Å². The summed E-state index contributed by atoms with van der Waals surface area (Å²) in [6.45, 7) is 8.31. The maximum atomic E-state index is 12.2. The lowest BCUT2D eigenvalue weighted by atomic mass is 9.91. The number of hydrogen-bond acceptors (Lipinski definition) is 2. The van der Waals surface area contributed by atoms with E-state index in [-0.39, 0.29) is 11.2 Å². The van der Waals surface area contributed by atoms with Gasteiger partial charge in [0, 0.05) is 11.8 Å². The number of nitrogens with zero attached hydrogens (tertiary/aromatic N) is 3. The van der Waals surface area contributed by atoms with E-state index in [9.17, 15) is 4.79 Å². The Hall–Kier alpha value is -2.23. The molecule has 0 aliphatic carbocycles. The van der Waals surface area contributed by atoms with Crippen LogP contribution >= 0.6 is 0 Å². The first-order valence-corrected chi connectivity index (χ1v) is 7.64. The molecule has 0 amide bonds. The van der Waals surface area contributed by atoms with Crippen molar-refractivity contribution in [2.75, 3.05) is 0 Å². The van der Waals surface area contributed by atoms with Crippen LogP contribution in [0.15, 0.2) is 47.8 Å². The summed E-state index contributed by atoms with van der Waals surface area (Å²) in [5.41, 5.74) is 0.725. The number of aromatic nitrogens is 2. The highest BCUT2D eigenvalue weighted by Crippen LogP contribution is 2.14. The molecule has 0 aliphatic heterocycles. The third-order valence-corrected chi connectivity index (χ3v) is 3.58. The molecular weight excluding hydrogens is 274 g/mol. The highest BCUT2D eigenvalue weighted by molar-refractivity contribution is 5.82. The summed E-state index contributed by atoms with van der Waals surface area (Å²) in [4.78, 5) is 12.2. The van der Waals surface area contributed by atoms with E-state index < -0.39 is 0 Å². The minimum Gasteiger partial charge on any atom is -0.295 e. The fraction of sp³-hybridized carbons (Fsp3) is 0.389. The van der Waals surface area contributed by atoms with E-state index in [1.807, 2.05) is 79.0 Å². The number of hydrogen-bond donors (Lipinski definition) is 0. The van der Waals surface area contributed by atoms with Crippen molar-refractivity contribution >= 4 is 12.0 Å². The molecule has 1 aromatic carbocycles. The fourth-order valence-electron chi connectivity index (χ4n) is 2.12. The van der Waals surface area contributed by atoms with Gasteiger partial charge in [0.05, 0.1) is 6.21 Å². The molecule has 4 heteroatoms. The Kier molecular flexibility index (Phi) is 4.91. The molecule has 116 valence electrons. The third-order valence-electron chi connectivity index (χ3n) is 3.58. The first-order valence-electron chi connectivity index (χ1n) is 7.64. The molecule has 1 aromatic heterocycles.